The largest absolute Gasteiger partial charge is 0.469 e. The van der Waals surface area contributed by atoms with Gasteiger partial charge in [0.1, 0.15) is 11.6 Å². The molecule has 0 unspecified atom stereocenters. The Balaban J connectivity index is 2.30. The van der Waals surface area contributed by atoms with Crippen LogP contribution in [-0.2, 0) is 16.6 Å². The number of aryl methyl sites for hydroxylation is 1. The molecule has 0 amide bonds. The van der Waals surface area contributed by atoms with Gasteiger partial charge in [-0.05, 0) is 12.8 Å². The Labute approximate surface area is 110 Å². The average molecular weight is 271 g/mol. The second kappa shape index (κ2) is 5.10. The Hall–Kier alpha value is -1.36. The summed E-state index contributed by atoms with van der Waals surface area (Å²) in [4.78, 5) is 23.2. The maximum absolute atomic E-state index is 12.1. The highest BCUT2D eigenvalue weighted by molar-refractivity contribution is 6.33. The van der Waals surface area contributed by atoms with Gasteiger partial charge >= 0.3 is 5.97 Å². The minimum Gasteiger partial charge on any atom is -0.469 e. The Morgan fingerprint density at radius 1 is 1.50 bits per heavy atom. The minimum atomic E-state index is -0.556. The number of nitrogens with zero attached hydrogens (tertiary/aromatic N) is 2. The number of hydrogen-bond donors (Lipinski definition) is 0. The maximum atomic E-state index is 12.1. The molecule has 0 atom stereocenters. The zero-order valence-electron chi connectivity index (χ0n) is 10.4. The molecular formula is C12H15ClN2O3. The lowest BCUT2D eigenvalue weighted by Gasteiger charge is -2.24. The van der Waals surface area contributed by atoms with Crippen LogP contribution in [0.5, 0.6) is 0 Å². The molecule has 98 valence electrons. The smallest absolute Gasteiger partial charge is 0.313 e. The first-order valence-electron chi connectivity index (χ1n) is 5.87. The van der Waals surface area contributed by atoms with Crippen LogP contribution in [0.25, 0.3) is 0 Å². The second-order valence-electron chi connectivity index (χ2n) is 4.48. The molecule has 0 N–H and O–H groups in total. The molecule has 0 radical (unpaired) electrons. The number of carbonyl (C=O) groups excluding carboxylic acids is 2. The summed E-state index contributed by atoms with van der Waals surface area (Å²) in [6, 6.07) is 0. The van der Waals surface area contributed by atoms with Crippen LogP contribution in [-0.4, -0.2) is 28.6 Å². The van der Waals surface area contributed by atoms with E-state index in [0.717, 1.165) is 25.0 Å². The molecule has 18 heavy (non-hydrogen) atoms. The predicted molar refractivity (Wildman–Crippen MR) is 65.8 cm³/mol. The number of Topliss-reactive ketones (excluding diaryl/α,β-unsaturated/α-hetero) is 1. The molecule has 0 saturated heterocycles. The van der Waals surface area contributed by atoms with E-state index in [0.29, 0.717) is 16.6 Å². The van der Waals surface area contributed by atoms with Crippen LogP contribution in [0.4, 0.5) is 0 Å². The standard InChI is InChI=1S/C12H15ClN2O3/c1-15-12(13)10(8(16)6-9(17)18-2)11(14-15)7-4-3-5-7/h7H,3-6H2,1-2H3. The van der Waals surface area contributed by atoms with Crippen LogP contribution < -0.4 is 0 Å². The molecule has 1 aromatic heterocycles. The molecule has 1 heterocycles. The summed E-state index contributed by atoms with van der Waals surface area (Å²) in [5.74, 6) is -0.582. The number of esters is 1. The average Bonchev–Trinajstić information content (AvgIpc) is 2.52. The van der Waals surface area contributed by atoms with Crippen molar-refractivity contribution in [1.29, 1.82) is 0 Å². The monoisotopic (exact) mass is 270 g/mol. The van der Waals surface area contributed by atoms with Gasteiger partial charge in [0.25, 0.3) is 0 Å². The van der Waals surface area contributed by atoms with Crippen LogP contribution in [0.1, 0.15) is 47.7 Å². The van der Waals surface area contributed by atoms with Crippen LogP contribution in [0.15, 0.2) is 0 Å². The Kier molecular flexibility index (Phi) is 3.71. The van der Waals surface area contributed by atoms with Crippen molar-refractivity contribution in [3.8, 4) is 0 Å². The quantitative estimate of drug-likeness (QED) is 0.477. The molecule has 0 bridgehead atoms. The van der Waals surface area contributed by atoms with Crippen molar-refractivity contribution >= 4 is 23.4 Å². The first-order valence-corrected chi connectivity index (χ1v) is 6.24. The molecule has 2 rings (SSSR count). The number of carbonyl (C=O) groups is 2. The fourth-order valence-electron chi connectivity index (χ4n) is 2.04. The third-order valence-electron chi connectivity index (χ3n) is 3.31. The molecule has 6 heteroatoms. The van der Waals surface area contributed by atoms with Crippen molar-refractivity contribution in [3.05, 3.63) is 16.4 Å². The van der Waals surface area contributed by atoms with Crippen molar-refractivity contribution in [2.45, 2.75) is 31.6 Å². The molecule has 1 aliphatic rings. The van der Waals surface area contributed by atoms with E-state index in [1.54, 1.807) is 7.05 Å². The van der Waals surface area contributed by atoms with Crippen LogP contribution in [0.2, 0.25) is 5.15 Å². The lowest BCUT2D eigenvalue weighted by Crippen LogP contribution is -2.16. The molecular weight excluding hydrogens is 256 g/mol. The van der Waals surface area contributed by atoms with E-state index in [1.807, 2.05) is 0 Å². The van der Waals surface area contributed by atoms with Crippen LogP contribution in [0.3, 0.4) is 0 Å². The van der Waals surface area contributed by atoms with Gasteiger partial charge in [-0.1, -0.05) is 18.0 Å². The Morgan fingerprint density at radius 3 is 2.67 bits per heavy atom. The number of halogens is 1. The number of aromatic nitrogens is 2. The zero-order chi connectivity index (χ0) is 13.3. The van der Waals surface area contributed by atoms with Crippen LogP contribution >= 0.6 is 11.6 Å². The van der Waals surface area contributed by atoms with E-state index in [1.165, 1.54) is 11.8 Å². The summed E-state index contributed by atoms with van der Waals surface area (Å²) >= 11 is 6.09. The van der Waals surface area contributed by atoms with Gasteiger partial charge in [0.2, 0.25) is 0 Å². The van der Waals surface area contributed by atoms with Crippen molar-refractivity contribution < 1.29 is 14.3 Å². The van der Waals surface area contributed by atoms with E-state index in [-0.39, 0.29) is 12.2 Å². The van der Waals surface area contributed by atoms with Gasteiger partial charge < -0.3 is 4.74 Å². The van der Waals surface area contributed by atoms with Crippen molar-refractivity contribution in [2.24, 2.45) is 7.05 Å². The normalized spacial score (nSPS) is 15.3. The Morgan fingerprint density at radius 2 is 2.17 bits per heavy atom. The molecule has 1 aromatic rings. The summed E-state index contributed by atoms with van der Waals surface area (Å²) in [5, 5.41) is 4.60. The highest BCUT2D eigenvalue weighted by atomic mass is 35.5. The van der Waals surface area contributed by atoms with Gasteiger partial charge in [0.05, 0.1) is 18.4 Å². The Bertz CT molecular complexity index is 492. The van der Waals surface area contributed by atoms with Gasteiger partial charge in [-0.25, -0.2) is 0 Å². The van der Waals surface area contributed by atoms with Gasteiger partial charge in [-0.3, -0.25) is 14.3 Å². The topological polar surface area (TPSA) is 61.2 Å². The molecule has 0 aliphatic heterocycles. The van der Waals surface area contributed by atoms with E-state index in [2.05, 4.69) is 9.84 Å². The highest BCUT2D eigenvalue weighted by Crippen LogP contribution is 2.39. The number of methoxy groups -OCH3 is 1. The maximum Gasteiger partial charge on any atom is 0.313 e. The fourth-order valence-corrected chi connectivity index (χ4v) is 2.28. The van der Waals surface area contributed by atoms with E-state index in [4.69, 9.17) is 11.6 Å². The SMILES string of the molecule is COC(=O)CC(=O)c1c(C2CCC2)nn(C)c1Cl. The predicted octanol–water partition coefficient (Wildman–Crippen LogP) is 2.09. The minimum absolute atomic E-state index is 0.290. The van der Waals surface area contributed by atoms with Gasteiger partial charge in [-0.2, -0.15) is 5.10 Å². The van der Waals surface area contributed by atoms with E-state index >= 15 is 0 Å². The number of hydrogen-bond acceptors (Lipinski definition) is 4. The van der Waals surface area contributed by atoms with Crippen molar-refractivity contribution in [3.63, 3.8) is 0 Å². The van der Waals surface area contributed by atoms with Crippen LogP contribution in [0, 0.1) is 0 Å². The molecule has 1 fully saturated rings. The summed E-state index contributed by atoms with van der Waals surface area (Å²) < 4.78 is 5.99. The highest BCUT2D eigenvalue weighted by Gasteiger charge is 2.31. The van der Waals surface area contributed by atoms with Crippen molar-refractivity contribution in [2.75, 3.05) is 7.11 Å². The molecule has 0 spiro atoms. The first-order chi connectivity index (χ1) is 8.54. The number of ketones is 1. The van der Waals surface area contributed by atoms with Gasteiger partial charge in [0.15, 0.2) is 5.78 Å². The van der Waals surface area contributed by atoms with E-state index < -0.39 is 5.97 Å². The lowest BCUT2D eigenvalue weighted by atomic mass is 9.81. The number of rotatable bonds is 4. The third-order valence-corrected chi connectivity index (χ3v) is 3.74. The van der Waals surface area contributed by atoms with Crippen molar-refractivity contribution in [1.82, 2.24) is 9.78 Å². The van der Waals surface area contributed by atoms with Gasteiger partial charge in [0, 0.05) is 13.0 Å². The lowest BCUT2D eigenvalue weighted by molar-refractivity contribution is -0.139. The molecule has 1 saturated carbocycles. The summed E-state index contributed by atoms with van der Waals surface area (Å²) in [6.07, 6.45) is 2.89. The summed E-state index contributed by atoms with van der Waals surface area (Å²) in [7, 11) is 2.95. The molecule has 5 nitrogen and oxygen atoms in total. The number of ether oxygens (including phenoxy) is 1. The molecule has 1 aliphatic carbocycles. The van der Waals surface area contributed by atoms with Gasteiger partial charge in [-0.15, -0.1) is 0 Å². The summed E-state index contributed by atoms with van der Waals surface area (Å²) in [6.45, 7) is 0. The zero-order valence-corrected chi connectivity index (χ0v) is 11.2. The first kappa shape index (κ1) is 13.1. The fraction of sp³-hybridized carbons (Fsp3) is 0.583. The third kappa shape index (κ3) is 2.27. The van der Waals surface area contributed by atoms with E-state index in [9.17, 15) is 9.59 Å². The summed E-state index contributed by atoms with van der Waals surface area (Å²) in [5.41, 5.74) is 1.11. The molecule has 0 aromatic carbocycles. The second-order valence-corrected chi connectivity index (χ2v) is 4.84.